The minimum Gasteiger partial charge on any atom is -0.463 e. The van der Waals surface area contributed by atoms with Crippen molar-refractivity contribution < 1.29 is 9.53 Å². The van der Waals surface area contributed by atoms with Crippen molar-refractivity contribution in [1.29, 1.82) is 0 Å². The Bertz CT molecular complexity index is 481. The van der Waals surface area contributed by atoms with Gasteiger partial charge in [0, 0.05) is 15.7 Å². The first-order chi connectivity index (χ1) is 17.6. The van der Waals surface area contributed by atoms with Gasteiger partial charge in [-0.2, -0.15) is 0 Å². The van der Waals surface area contributed by atoms with Gasteiger partial charge in [0.25, 0.3) is 0 Å². The molecule has 0 amide bonds. The van der Waals surface area contributed by atoms with E-state index in [0.29, 0.717) is 16.3 Å². The number of carbonyl (C=O) groups excluding carboxylic acids is 1. The molecule has 2 unspecified atom stereocenters. The highest BCUT2D eigenvalue weighted by atomic mass is 79.9. The van der Waals surface area contributed by atoms with Gasteiger partial charge in [-0.3, -0.25) is 0 Å². The molecule has 0 aliphatic rings. The van der Waals surface area contributed by atoms with Gasteiger partial charge < -0.3 is 4.74 Å². The summed E-state index contributed by atoms with van der Waals surface area (Å²) >= 11 is 7.76. The second-order valence-corrected chi connectivity index (χ2v) is 13.0. The van der Waals surface area contributed by atoms with Crippen LogP contribution >= 0.6 is 31.9 Å². The quantitative estimate of drug-likeness (QED) is 0.0370. The van der Waals surface area contributed by atoms with Gasteiger partial charge in [-0.25, -0.2) is 4.79 Å². The molecule has 0 aliphatic carbocycles. The van der Waals surface area contributed by atoms with Crippen LogP contribution in [0, 0.1) is 0 Å². The lowest BCUT2D eigenvalue weighted by atomic mass is 10.0. The molecule has 0 radical (unpaired) electrons. The van der Waals surface area contributed by atoms with Crippen molar-refractivity contribution in [2.45, 2.75) is 178 Å². The molecule has 0 fully saturated rings. The zero-order valence-corrected chi connectivity index (χ0v) is 27.2. The number of rotatable bonds is 28. The molecular weight excluding hydrogens is 576 g/mol. The summed E-state index contributed by atoms with van der Waals surface area (Å²) < 4.78 is 5.34. The summed E-state index contributed by atoms with van der Waals surface area (Å²) in [5.74, 6) is -0.171. The van der Waals surface area contributed by atoms with Crippen LogP contribution in [0.3, 0.4) is 0 Å². The molecule has 0 aliphatic heterocycles. The van der Waals surface area contributed by atoms with Gasteiger partial charge in [0.05, 0.1) is 6.61 Å². The fraction of sp³-hybridized carbons (Fsp3) is 0.906. The Balaban J connectivity index is 3.43. The summed E-state index contributed by atoms with van der Waals surface area (Å²) in [6.45, 7) is 5.12. The first-order valence-corrected chi connectivity index (χ1v) is 17.6. The molecule has 0 N–H and O–H groups in total. The summed E-state index contributed by atoms with van der Waals surface area (Å²) in [7, 11) is 0. The highest BCUT2D eigenvalue weighted by molar-refractivity contribution is 9.12. The van der Waals surface area contributed by atoms with E-state index in [4.69, 9.17) is 4.74 Å². The fourth-order valence-corrected chi connectivity index (χ4v) is 5.78. The third-order valence-corrected chi connectivity index (χ3v) is 9.97. The van der Waals surface area contributed by atoms with Crippen LogP contribution in [0.2, 0.25) is 0 Å². The van der Waals surface area contributed by atoms with Crippen LogP contribution in [0.1, 0.15) is 168 Å². The molecule has 2 nitrogen and oxygen atoms in total. The highest BCUT2D eigenvalue weighted by Gasteiger charge is 2.14. The Morgan fingerprint density at radius 1 is 0.583 bits per heavy atom. The minimum atomic E-state index is -0.171. The average Bonchev–Trinajstić information content (AvgIpc) is 2.88. The van der Waals surface area contributed by atoms with E-state index in [0.717, 1.165) is 19.3 Å². The number of unbranched alkanes of at least 4 members (excludes halogenated alkanes) is 19. The van der Waals surface area contributed by atoms with Gasteiger partial charge in [0.1, 0.15) is 0 Å². The van der Waals surface area contributed by atoms with Crippen molar-refractivity contribution in [1.82, 2.24) is 0 Å². The van der Waals surface area contributed by atoms with Crippen LogP contribution in [-0.4, -0.2) is 22.2 Å². The van der Waals surface area contributed by atoms with E-state index < -0.39 is 0 Å². The van der Waals surface area contributed by atoms with Gasteiger partial charge in [0.2, 0.25) is 0 Å². The Kier molecular flexibility index (Phi) is 29.9. The molecule has 0 aromatic heterocycles. The Labute approximate surface area is 242 Å². The van der Waals surface area contributed by atoms with Gasteiger partial charge >= 0.3 is 5.97 Å². The van der Waals surface area contributed by atoms with Gasteiger partial charge in [0.15, 0.2) is 0 Å². The lowest BCUT2D eigenvalue weighted by Crippen LogP contribution is -2.13. The predicted molar refractivity (Wildman–Crippen MR) is 168 cm³/mol. The Morgan fingerprint density at radius 2 is 0.972 bits per heavy atom. The third-order valence-electron chi connectivity index (χ3n) is 7.07. The fourth-order valence-electron chi connectivity index (χ4n) is 4.60. The first-order valence-electron chi connectivity index (χ1n) is 15.7. The van der Waals surface area contributed by atoms with E-state index in [1.165, 1.54) is 135 Å². The number of alkyl halides is 2. The number of halogens is 2. The maximum atomic E-state index is 11.8. The molecule has 0 aromatic rings. The van der Waals surface area contributed by atoms with Gasteiger partial charge in [-0.05, 0) is 32.1 Å². The molecule has 0 rings (SSSR count). The molecule has 0 spiro atoms. The van der Waals surface area contributed by atoms with E-state index in [9.17, 15) is 4.79 Å². The van der Waals surface area contributed by atoms with Crippen LogP contribution in [0.15, 0.2) is 12.2 Å². The molecule has 214 valence electrons. The maximum absolute atomic E-state index is 11.8. The monoisotopic (exact) mass is 634 g/mol. The first kappa shape index (κ1) is 36.2. The smallest absolute Gasteiger partial charge is 0.330 e. The van der Waals surface area contributed by atoms with Crippen LogP contribution in [0.5, 0.6) is 0 Å². The van der Waals surface area contributed by atoms with Crippen LogP contribution in [0.4, 0.5) is 0 Å². The Hall–Kier alpha value is 0.170. The maximum Gasteiger partial charge on any atom is 0.330 e. The third kappa shape index (κ3) is 27.2. The largest absolute Gasteiger partial charge is 0.463 e. The van der Waals surface area contributed by atoms with Crippen LogP contribution in [-0.2, 0) is 9.53 Å². The zero-order chi connectivity index (χ0) is 26.5. The highest BCUT2D eigenvalue weighted by Crippen LogP contribution is 2.25. The zero-order valence-electron chi connectivity index (χ0n) is 24.1. The summed E-state index contributed by atoms with van der Waals surface area (Å²) in [5, 5.41) is 0. The van der Waals surface area contributed by atoms with Crippen LogP contribution in [0.25, 0.3) is 0 Å². The Morgan fingerprint density at radius 3 is 1.44 bits per heavy atom. The number of allylic oxidation sites excluding steroid dienone is 1. The predicted octanol–water partition coefficient (Wildman–Crippen LogP) is 12.0. The summed E-state index contributed by atoms with van der Waals surface area (Å²) in [6, 6.07) is 0. The van der Waals surface area contributed by atoms with E-state index in [1.807, 2.05) is 6.08 Å². The van der Waals surface area contributed by atoms with Crippen molar-refractivity contribution in [3.05, 3.63) is 12.2 Å². The van der Waals surface area contributed by atoms with Crippen molar-refractivity contribution in [2.75, 3.05) is 6.61 Å². The molecule has 2 atom stereocenters. The summed E-state index contributed by atoms with van der Waals surface area (Å²) in [5.41, 5.74) is 0. The van der Waals surface area contributed by atoms with E-state index >= 15 is 0 Å². The van der Waals surface area contributed by atoms with Crippen molar-refractivity contribution >= 4 is 37.8 Å². The SMILES string of the molecule is CCCCCCCCCCCCCCOC(=O)/C=C/CCCCCC(Br)C(Br)CCCCCCCC. The molecule has 0 saturated heterocycles. The minimum absolute atomic E-state index is 0.171. The summed E-state index contributed by atoms with van der Waals surface area (Å²) in [4.78, 5) is 13.0. The number of ether oxygens (including phenoxy) is 1. The standard InChI is InChI=1S/C32H60Br2O2/c1-3-5-7-9-11-12-13-14-15-16-21-25-29-36-32(35)28-24-20-17-19-23-27-31(34)30(33)26-22-18-10-8-6-4-2/h24,28,30-31H,3-23,25-27,29H2,1-2H3/b28-24+. The molecule has 4 heteroatoms. The number of hydrogen-bond donors (Lipinski definition) is 0. The van der Waals surface area contributed by atoms with E-state index in [-0.39, 0.29) is 5.97 Å². The van der Waals surface area contributed by atoms with Gasteiger partial charge in [-0.1, -0.05) is 174 Å². The lowest BCUT2D eigenvalue weighted by Gasteiger charge is -2.16. The van der Waals surface area contributed by atoms with Crippen LogP contribution < -0.4 is 0 Å². The lowest BCUT2D eigenvalue weighted by molar-refractivity contribution is -0.137. The molecule has 0 saturated carbocycles. The molecule has 36 heavy (non-hydrogen) atoms. The molecular formula is C32H60Br2O2. The molecule has 0 bridgehead atoms. The van der Waals surface area contributed by atoms with Crippen molar-refractivity contribution in [3.63, 3.8) is 0 Å². The van der Waals surface area contributed by atoms with Crippen molar-refractivity contribution in [3.8, 4) is 0 Å². The normalized spacial score (nSPS) is 13.3. The number of carbonyl (C=O) groups is 1. The second kappa shape index (κ2) is 29.7. The van der Waals surface area contributed by atoms with E-state index in [1.54, 1.807) is 6.08 Å². The molecule has 0 heterocycles. The van der Waals surface area contributed by atoms with E-state index in [2.05, 4.69) is 45.7 Å². The van der Waals surface area contributed by atoms with Gasteiger partial charge in [-0.15, -0.1) is 0 Å². The average molecular weight is 637 g/mol. The topological polar surface area (TPSA) is 26.3 Å². The van der Waals surface area contributed by atoms with Crippen molar-refractivity contribution in [2.24, 2.45) is 0 Å². The summed E-state index contributed by atoms with van der Waals surface area (Å²) in [6.07, 6.45) is 34.8. The second-order valence-electron chi connectivity index (χ2n) is 10.7. The number of esters is 1. The number of hydrogen-bond acceptors (Lipinski definition) is 2. The molecule has 0 aromatic carbocycles.